The number of aliphatic hydroxyl groups excluding tert-OH is 1. The van der Waals surface area contributed by atoms with Crippen LogP contribution >= 0.6 is 11.8 Å². The van der Waals surface area contributed by atoms with E-state index in [9.17, 15) is 73.2 Å². The van der Waals surface area contributed by atoms with Crippen LogP contribution in [0.2, 0.25) is 0 Å². The first-order chi connectivity index (χ1) is 35.9. The molecule has 0 unspecified atom stereocenters. The molecule has 0 bridgehead atoms. The second-order valence-corrected chi connectivity index (χ2v) is 19.2. The van der Waals surface area contributed by atoms with Gasteiger partial charge in [-0.1, -0.05) is 26.0 Å². The van der Waals surface area contributed by atoms with Gasteiger partial charge >= 0.3 is 11.9 Å². The molecule has 0 aliphatic rings. The molecule has 9 atom stereocenters. The van der Waals surface area contributed by atoms with Gasteiger partial charge in [0, 0.05) is 24.7 Å². The number of aromatic nitrogens is 2. The topological polar surface area (TPSA) is 458 Å². The first kappa shape index (κ1) is 64.7. The molecule has 0 aliphatic heterocycles. The summed E-state index contributed by atoms with van der Waals surface area (Å²) >= 11 is 1.32. The van der Waals surface area contributed by atoms with Crippen molar-refractivity contribution in [2.75, 3.05) is 31.7 Å². The van der Waals surface area contributed by atoms with Gasteiger partial charge in [-0.3, -0.25) is 52.7 Å². The number of nitrogens with zero attached hydrogens (tertiary/aromatic N) is 1. The van der Waals surface area contributed by atoms with Gasteiger partial charge < -0.3 is 84.7 Å². The van der Waals surface area contributed by atoms with Crippen LogP contribution in [0.15, 0.2) is 36.8 Å². The summed E-state index contributed by atoms with van der Waals surface area (Å²) in [4.78, 5) is 151. The number of nitrogens with two attached hydrogens (primary N) is 2. The quantitative estimate of drug-likeness (QED) is 0.0291. The van der Waals surface area contributed by atoms with Crippen LogP contribution in [-0.4, -0.2) is 182 Å². The number of carbonyl (C=O) groups excluding carboxylic acids is 9. The molecule has 0 saturated carbocycles. The molecule has 0 fully saturated rings. The lowest BCUT2D eigenvalue weighted by molar-refractivity contribution is -0.142. The third kappa shape index (κ3) is 23.9. The van der Waals surface area contributed by atoms with Crippen LogP contribution in [0.1, 0.15) is 77.5 Å². The molecular weight excluding hydrogens is 1020 g/mol. The number of carboxylic acid groups (broad SMARTS) is 2. The number of hydrogen-bond donors (Lipinski definition) is 16. The molecule has 0 spiro atoms. The number of thioether (sulfide) groups is 1. The van der Waals surface area contributed by atoms with Crippen molar-refractivity contribution in [1.29, 1.82) is 0 Å². The molecule has 76 heavy (non-hydrogen) atoms. The van der Waals surface area contributed by atoms with Crippen LogP contribution in [0.25, 0.3) is 0 Å². The van der Waals surface area contributed by atoms with Crippen LogP contribution in [0.3, 0.4) is 0 Å². The number of phenols is 1. The van der Waals surface area contributed by atoms with E-state index in [-0.39, 0.29) is 56.7 Å². The maximum absolute atomic E-state index is 14.3. The van der Waals surface area contributed by atoms with E-state index in [1.807, 2.05) is 0 Å². The van der Waals surface area contributed by atoms with Gasteiger partial charge in [-0.05, 0) is 88.1 Å². The van der Waals surface area contributed by atoms with E-state index < -0.39 is 139 Å². The van der Waals surface area contributed by atoms with Gasteiger partial charge in [0.1, 0.15) is 54.1 Å². The van der Waals surface area contributed by atoms with Gasteiger partial charge in [-0.25, -0.2) is 4.98 Å². The monoisotopic (exact) mass is 1090 g/mol. The molecular formula is C47H73N13O15S. The first-order valence-electron chi connectivity index (χ1n) is 24.3. The fourth-order valence-corrected chi connectivity index (χ4v) is 7.50. The van der Waals surface area contributed by atoms with Gasteiger partial charge in [0.15, 0.2) is 0 Å². The van der Waals surface area contributed by atoms with Gasteiger partial charge in [0.2, 0.25) is 53.2 Å². The van der Waals surface area contributed by atoms with Gasteiger partial charge in [-0.2, -0.15) is 11.8 Å². The summed E-state index contributed by atoms with van der Waals surface area (Å²) < 4.78 is 0. The number of unbranched alkanes of at least 4 members (excludes halogenated alkanes) is 1. The van der Waals surface area contributed by atoms with Crippen LogP contribution in [-0.2, 0) is 65.6 Å². The predicted octanol–water partition coefficient (Wildman–Crippen LogP) is -4.26. The molecule has 29 heteroatoms. The van der Waals surface area contributed by atoms with Crippen LogP contribution in [0.4, 0.5) is 0 Å². The Morgan fingerprint density at radius 3 is 1.70 bits per heavy atom. The van der Waals surface area contributed by atoms with Crippen LogP contribution in [0.5, 0.6) is 5.75 Å². The minimum Gasteiger partial charge on any atom is -0.508 e. The molecule has 422 valence electrons. The first-order valence-corrected chi connectivity index (χ1v) is 25.7. The second-order valence-electron chi connectivity index (χ2n) is 18.2. The Labute approximate surface area is 442 Å². The molecule has 28 nitrogen and oxygen atoms in total. The Morgan fingerprint density at radius 1 is 0.645 bits per heavy atom. The zero-order valence-corrected chi connectivity index (χ0v) is 43.8. The molecule has 9 amide bonds. The number of carboxylic acids is 2. The van der Waals surface area contributed by atoms with Crippen molar-refractivity contribution in [3.05, 3.63) is 48.0 Å². The standard InChI is InChI=1S/C47H73N13O15S/c1-24(2)16-32(43(70)53-26(4)47(74)75)58-46(73)36(22-61)60-42(69)31(13-15-76-5)56-45(72)34(18-28-20-50-23-52-28)59-41(68)30(8-6-7-14-48)55-44(71)33(17-27-9-11-29(62)12-10-27)54-37(63)21-51-40(67)35(19-38(64)65)57-39(66)25(3)49/h9-12,20,23-26,30-36,61-62H,6-8,13-19,21-22,48-49H2,1-5H3,(H,50,52)(H,51,67)(H,53,70)(H,54,63)(H,55,71)(H,56,72)(H,57,66)(H,58,73)(H,59,68)(H,60,69)(H,64,65)(H,74,75)/t25-,26-,30-,31-,32-,33-,34-,35-,36-/m0/s1. The average Bonchev–Trinajstić information content (AvgIpc) is 3.88. The van der Waals surface area contributed by atoms with E-state index >= 15 is 0 Å². The molecule has 1 heterocycles. The smallest absolute Gasteiger partial charge is 0.325 e. The van der Waals surface area contributed by atoms with Gasteiger partial charge in [0.25, 0.3) is 0 Å². The van der Waals surface area contributed by atoms with Crippen LogP contribution < -0.4 is 59.3 Å². The number of amides is 9. The number of aliphatic hydroxyl groups is 1. The highest BCUT2D eigenvalue weighted by atomic mass is 32.2. The Balaban J connectivity index is 2.42. The predicted molar refractivity (Wildman–Crippen MR) is 274 cm³/mol. The highest BCUT2D eigenvalue weighted by Gasteiger charge is 2.35. The third-order valence-corrected chi connectivity index (χ3v) is 11.8. The lowest BCUT2D eigenvalue weighted by Crippen LogP contribution is -2.61. The summed E-state index contributed by atoms with van der Waals surface area (Å²) in [6, 6.07) is -7.00. The largest absolute Gasteiger partial charge is 0.508 e. The lowest BCUT2D eigenvalue weighted by Gasteiger charge is -2.27. The SMILES string of the molecule is CSCC[C@H](NC(=O)[C@H](Cc1cnc[nH]1)NC(=O)[C@H](CCCCN)NC(=O)[C@H](Cc1ccc(O)cc1)NC(=O)CNC(=O)[C@H](CC(=O)O)NC(=O)[C@H](C)N)C(=O)N[C@@H](CO)C(=O)N[C@@H](CC(C)C)C(=O)N[C@@H](C)C(=O)O. The summed E-state index contributed by atoms with van der Waals surface area (Å²) in [6.45, 7) is 4.51. The van der Waals surface area contributed by atoms with Crippen molar-refractivity contribution in [1.82, 2.24) is 57.8 Å². The van der Waals surface area contributed by atoms with E-state index in [0.717, 1.165) is 0 Å². The molecule has 1 aromatic heterocycles. The van der Waals surface area contributed by atoms with Crippen molar-refractivity contribution in [2.24, 2.45) is 17.4 Å². The number of phenolic OH excluding ortho intramolecular Hbond substituents is 1. The maximum Gasteiger partial charge on any atom is 0.325 e. The zero-order chi connectivity index (χ0) is 57.1. The van der Waals surface area contributed by atoms with Crippen molar-refractivity contribution < 1.29 is 73.2 Å². The molecule has 18 N–H and O–H groups in total. The number of benzene rings is 1. The van der Waals surface area contributed by atoms with Crippen molar-refractivity contribution >= 4 is 76.9 Å². The fraction of sp³-hybridized carbons (Fsp3) is 0.574. The average molecular weight is 1090 g/mol. The molecule has 0 radical (unpaired) electrons. The minimum atomic E-state index is -1.64. The van der Waals surface area contributed by atoms with Gasteiger partial charge in [-0.15, -0.1) is 0 Å². The summed E-state index contributed by atoms with van der Waals surface area (Å²) in [7, 11) is 0. The Bertz CT molecular complexity index is 2270. The molecule has 1 aromatic carbocycles. The number of hydrogen-bond acceptors (Lipinski definition) is 17. The fourth-order valence-electron chi connectivity index (χ4n) is 7.03. The summed E-state index contributed by atoms with van der Waals surface area (Å²) in [5.74, 6) is -11.0. The number of carbonyl (C=O) groups is 11. The molecule has 0 aliphatic carbocycles. The lowest BCUT2D eigenvalue weighted by atomic mass is 10.0. The van der Waals surface area contributed by atoms with E-state index in [2.05, 4.69) is 57.8 Å². The maximum atomic E-state index is 14.3. The number of H-pyrrole nitrogens is 1. The molecule has 2 rings (SSSR count). The Kier molecular flexibility index (Phi) is 28.6. The summed E-state index contributed by atoms with van der Waals surface area (Å²) in [6.07, 6.45) is 3.83. The van der Waals surface area contributed by atoms with E-state index in [0.29, 0.717) is 23.4 Å². The number of aromatic hydroxyl groups is 1. The third-order valence-electron chi connectivity index (χ3n) is 11.2. The summed E-state index contributed by atoms with van der Waals surface area (Å²) in [5, 5.41) is 60.6. The number of rotatable bonds is 35. The summed E-state index contributed by atoms with van der Waals surface area (Å²) in [5.41, 5.74) is 12.1. The highest BCUT2D eigenvalue weighted by molar-refractivity contribution is 7.98. The Hall–Kier alpha value is -7.37. The highest BCUT2D eigenvalue weighted by Crippen LogP contribution is 2.13. The second kappa shape index (κ2) is 33.5. The zero-order valence-electron chi connectivity index (χ0n) is 43.0. The van der Waals surface area contributed by atoms with E-state index in [4.69, 9.17) is 11.5 Å². The van der Waals surface area contributed by atoms with Crippen LogP contribution in [0, 0.1) is 5.92 Å². The Morgan fingerprint density at radius 2 is 1.17 bits per heavy atom. The van der Waals surface area contributed by atoms with Crippen molar-refractivity contribution in [2.45, 2.75) is 133 Å². The number of aromatic amines is 1. The molecule has 2 aromatic rings. The minimum absolute atomic E-state index is 0.0165. The van der Waals surface area contributed by atoms with E-state index in [1.165, 1.54) is 62.4 Å². The number of nitrogens with one attached hydrogen (secondary N) is 10. The van der Waals surface area contributed by atoms with E-state index in [1.54, 1.807) is 20.1 Å². The number of aliphatic carboxylic acids is 2. The van der Waals surface area contributed by atoms with Gasteiger partial charge in [0.05, 0.1) is 31.9 Å². The van der Waals surface area contributed by atoms with Crippen molar-refractivity contribution in [3.63, 3.8) is 0 Å². The number of imidazole rings is 1. The normalized spacial score (nSPS) is 14.6. The van der Waals surface area contributed by atoms with Crippen molar-refractivity contribution in [3.8, 4) is 5.75 Å². The molecule has 0 saturated heterocycles.